The summed E-state index contributed by atoms with van der Waals surface area (Å²) in [4.78, 5) is 6.56. The van der Waals surface area contributed by atoms with E-state index in [1.54, 1.807) is 18.5 Å². The van der Waals surface area contributed by atoms with Crippen molar-refractivity contribution in [2.24, 2.45) is 12.0 Å². The maximum atomic E-state index is 13.0. The molecule has 0 atom stereocenters. The van der Waals surface area contributed by atoms with Gasteiger partial charge in [0.05, 0.1) is 0 Å². The van der Waals surface area contributed by atoms with E-state index in [2.05, 4.69) is 20.5 Å². The van der Waals surface area contributed by atoms with Crippen LogP contribution >= 0.6 is 24.0 Å². The number of nitrogens with one attached hydrogen (secondary N) is 1. The van der Waals surface area contributed by atoms with Gasteiger partial charge in [0.15, 0.2) is 11.8 Å². The van der Waals surface area contributed by atoms with Gasteiger partial charge < -0.3 is 14.8 Å². The average molecular weight is 432 g/mol. The summed E-state index contributed by atoms with van der Waals surface area (Å²) < 4.78 is 14.8. The number of halogens is 2. The van der Waals surface area contributed by atoms with Crippen LogP contribution in [0.25, 0.3) is 0 Å². The summed E-state index contributed by atoms with van der Waals surface area (Å²) in [5, 5.41) is 11.1. The second-order valence-corrected chi connectivity index (χ2v) is 5.01. The fraction of sp³-hybridized carbons (Fsp3) is 0.400. The summed E-state index contributed by atoms with van der Waals surface area (Å²) in [6.07, 6.45) is 1.65. The number of hydrogen-bond acceptors (Lipinski definition) is 3. The first-order valence-electron chi connectivity index (χ1n) is 7.17. The van der Waals surface area contributed by atoms with E-state index in [4.69, 9.17) is 0 Å². The zero-order valence-electron chi connectivity index (χ0n) is 13.5. The molecule has 0 aliphatic carbocycles. The number of aryl methyl sites for hydroxylation is 1. The number of rotatable bonds is 5. The van der Waals surface area contributed by atoms with Gasteiger partial charge in [-0.3, -0.25) is 0 Å². The van der Waals surface area contributed by atoms with Gasteiger partial charge in [-0.15, -0.1) is 34.2 Å². The van der Waals surface area contributed by atoms with Gasteiger partial charge in [-0.25, -0.2) is 9.38 Å². The zero-order valence-corrected chi connectivity index (χ0v) is 15.9. The standard InChI is InChI=1S/C15H21FN6.HI/c1-4-17-15(18-9-14-20-19-11-22(14)3)21(2)10-12-5-7-13(16)8-6-12;/h5-8,11H,4,9-10H2,1-3H3,(H,17,18);1H. The highest BCUT2D eigenvalue weighted by atomic mass is 127. The Kier molecular flexibility index (Phi) is 7.93. The molecule has 126 valence electrons. The molecule has 1 aromatic carbocycles. The first-order valence-corrected chi connectivity index (χ1v) is 7.17. The van der Waals surface area contributed by atoms with Crippen LogP contribution in [0, 0.1) is 5.82 Å². The molecular weight excluding hydrogens is 410 g/mol. The van der Waals surface area contributed by atoms with Crippen LogP contribution in [-0.4, -0.2) is 39.2 Å². The Hall–Kier alpha value is -1.71. The van der Waals surface area contributed by atoms with Crippen molar-refractivity contribution in [3.8, 4) is 0 Å². The second kappa shape index (κ2) is 9.43. The van der Waals surface area contributed by atoms with E-state index in [0.29, 0.717) is 13.1 Å². The van der Waals surface area contributed by atoms with Crippen molar-refractivity contribution in [2.45, 2.75) is 20.0 Å². The summed E-state index contributed by atoms with van der Waals surface area (Å²) in [6, 6.07) is 6.48. The van der Waals surface area contributed by atoms with E-state index in [1.807, 2.05) is 30.5 Å². The van der Waals surface area contributed by atoms with Crippen LogP contribution in [0.1, 0.15) is 18.3 Å². The monoisotopic (exact) mass is 432 g/mol. The highest BCUT2D eigenvalue weighted by Crippen LogP contribution is 2.06. The molecule has 23 heavy (non-hydrogen) atoms. The van der Waals surface area contributed by atoms with Crippen molar-refractivity contribution in [3.05, 3.63) is 47.8 Å². The number of hydrogen-bond donors (Lipinski definition) is 1. The van der Waals surface area contributed by atoms with E-state index in [9.17, 15) is 4.39 Å². The fourth-order valence-corrected chi connectivity index (χ4v) is 2.00. The van der Waals surface area contributed by atoms with E-state index in [-0.39, 0.29) is 29.8 Å². The number of benzene rings is 1. The van der Waals surface area contributed by atoms with Crippen molar-refractivity contribution < 1.29 is 4.39 Å². The number of aromatic nitrogens is 3. The van der Waals surface area contributed by atoms with Gasteiger partial charge in [0.25, 0.3) is 0 Å². The Morgan fingerprint density at radius 3 is 2.61 bits per heavy atom. The van der Waals surface area contributed by atoms with Gasteiger partial charge in [0.2, 0.25) is 0 Å². The SMILES string of the molecule is CCNC(=NCc1nncn1C)N(C)Cc1ccc(F)cc1.I. The third-order valence-corrected chi connectivity index (χ3v) is 3.20. The Labute approximate surface area is 152 Å². The highest BCUT2D eigenvalue weighted by Gasteiger charge is 2.08. The van der Waals surface area contributed by atoms with Crippen LogP contribution in [0.2, 0.25) is 0 Å². The van der Waals surface area contributed by atoms with Crippen LogP contribution in [0.3, 0.4) is 0 Å². The first kappa shape index (κ1) is 19.3. The minimum absolute atomic E-state index is 0. The van der Waals surface area contributed by atoms with Crippen LogP contribution in [0.5, 0.6) is 0 Å². The predicted molar refractivity (Wildman–Crippen MR) is 99.1 cm³/mol. The summed E-state index contributed by atoms with van der Waals surface area (Å²) in [5.41, 5.74) is 1.02. The largest absolute Gasteiger partial charge is 0.357 e. The highest BCUT2D eigenvalue weighted by molar-refractivity contribution is 14.0. The van der Waals surface area contributed by atoms with Gasteiger partial charge in [-0.1, -0.05) is 12.1 Å². The smallest absolute Gasteiger partial charge is 0.194 e. The Morgan fingerprint density at radius 1 is 1.35 bits per heavy atom. The van der Waals surface area contributed by atoms with E-state index < -0.39 is 0 Å². The average Bonchev–Trinajstić information content (AvgIpc) is 2.91. The molecule has 0 spiro atoms. The third-order valence-electron chi connectivity index (χ3n) is 3.20. The van der Waals surface area contributed by atoms with E-state index in [1.165, 1.54) is 12.1 Å². The molecule has 8 heteroatoms. The molecule has 0 aliphatic rings. The number of guanidine groups is 1. The molecule has 0 bridgehead atoms. The van der Waals surface area contributed by atoms with Crippen molar-refractivity contribution in [1.82, 2.24) is 25.0 Å². The summed E-state index contributed by atoms with van der Waals surface area (Å²) in [7, 11) is 3.83. The predicted octanol–water partition coefficient (Wildman–Crippen LogP) is 2.17. The molecule has 2 rings (SSSR count). The molecular formula is C15H22FIN6. The number of nitrogens with zero attached hydrogens (tertiary/aromatic N) is 5. The lowest BCUT2D eigenvalue weighted by atomic mass is 10.2. The summed E-state index contributed by atoms with van der Waals surface area (Å²) in [6.45, 7) is 3.88. The van der Waals surface area contributed by atoms with Crippen LogP contribution in [0.4, 0.5) is 4.39 Å². The van der Waals surface area contributed by atoms with Crippen LogP contribution in [0.15, 0.2) is 35.6 Å². The molecule has 1 N–H and O–H groups in total. The van der Waals surface area contributed by atoms with E-state index >= 15 is 0 Å². The fourth-order valence-electron chi connectivity index (χ4n) is 2.00. The Balaban J connectivity index is 0.00000264. The minimum Gasteiger partial charge on any atom is -0.357 e. The topological polar surface area (TPSA) is 58.3 Å². The van der Waals surface area contributed by atoms with Crippen molar-refractivity contribution in [2.75, 3.05) is 13.6 Å². The molecule has 0 amide bonds. The molecule has 0 fully saturated rings. The molecule has 6 nitrogen and oxygen atoms in total. The van der Waals surface area contributed by atoms with Crippen LogP contribution < -0.4 is 5.32 Å². The molecule has 0 aliphatic heterocycles. The first-order chi connectivity index (χ1) is 10.6. The Bertz CT molecular complexity index is 625. The number of aliphatic imine (C=N–C) groups is 1. The van der Waals surface area contributed by atoms with Gasteiger partial charge in [-0.05, 0) is 24.6 Å². The zero-order chi connectivity index (χ0) is 15.9. The molecule has 0 radical (unpaired) electrons. The lowest BCUT2D eigenvalue weighted by molar-refractivity contribution is 0.475. The lowest BCUT2D eigenvalue weighted by Crippen LogP contribution is -2.38. The van der Waals surface area contributed by atoms with Gasteiger partial charge in [0, 0.05) is 27.2 Å². The maximum Gasteiger partial charge on any atom is 0.194 e. The molecule has 0 saturated carbocycles. The lowest BCUT2D eigenvalue weighted by Gasteiger charge is -2.22. The molecule has 1 aromatic heterocycles. The molecule has 1 heterocycles. The second-order valence-electron chi connectivity index (χ2n) is 5.01. The normalized spacial score (nSPS) is 11.0. The summed E-state index contributed by atoms with van der Waals surface area (Å²) >= 11 is 0. The van der Waals surface area contributed by atoms with Gasteiger partial charge >= 0.3 is 0 Å². The van der Waals surface area contributed by atoms with Crippen molar-refractivity contribution >= 4 is 29.9 Å². The quantitative estimate of drug-likeness (QED) is 0.447. The minimum atomic E-state index is -0.228. The molecule has 2 aromatic rings. The third kappa shape index (κ3) is 5.77. The maximum absolute atomic E-state index is 13.0. The van der Waals surface area contributed by atoms with Crippen molar-refractivity contribution in [3.63, 3.8) is 0 Å². The Morgan fingerprint density at radius 2 is 2.04 bits per heavy atom. The molecule has 0 saturated heterocycles. The summed E-state index contributed by atoms with van der Waals surface area (Å²) in [5.74, 6) is 1.34. The molecule has 0 unspecified atom stereocenters. The van der Waals surface area contributed by atoms with Crippen LogP contribution in [-0.2, 0) is 20.1 Å². The van der Waals surface area contributed by atoms with E-state index in [0.717, 1.165) is 23.9 Å². The van der Waals surface area contributed by atoms with Crippen molar-refractivity contribution in [1.29, 1.82) is 0 Å². The van der Waals surface area contributed by atoms with Gasteiger partial charge in [-0.2, -0.15) is 0 Å². The van der Waals surface area contributed by atoms with Gasteiger partial charge in [0.1, 0.15) is 18.7 Å².